The first kappa shape index (κ1) is 21.8. The van der Waals surface area contributed by atoms with Crippen LogP contribution < -0.4 is 11.1 Å². The highest BCUT2D eigenvalue weighted by Crippen LogP contribution is 2.21. The van der Waals surface area contributed by atoms with Crippen LogP contribution in [0.5, 0.6) is 0 Å². The summed E-state index contributed by atoms with van der Waals surface area (Å²) in [5, 5.41) is 6.06. The maximum atomic E-state index is 11.4. The van der Waals surface area contributed by atoms with E-state index in [-0.39, 0.29) is 30.7 Å². The molecule has 5 nitrogen and oxygen atoms in total. The second kappa shape index (κ2) is 12.2. The molecule has 128 valence electrons. The first-order chi connectivity index (χ1) is 10.3. The maximum Gasteiger partial charge on any atom is 0.220 e. The van der Waals surface area contributed by atoms with Crippen molar-refractivity contribution >= 4 is 42.1 Å². The van der Waals surface area contributed by atoms with Crippen molar-refractivity contribution in [3.63, 3.8) is 0 Å². The zero-order chi connectivity index (χ0) is 14.9. The Labute approximate surface area is 152 Å². The molecule has 0 aliphatic heterocycles. The second-order valence-corrected chi connectivity index (χ2v) is 5.65. The molecule has 2 aromatic rings. The first-order valence-electron chi connectivity index (χ1n) is 7.11. The van der Waals surface area contributed by atoms with Crippen LogP contribution in [-0.2, 0) is 11.2 Å². The Morgan fingerprint density at radius 3 is 2.65 bits per heavy atom. The lowest BCUT2D eigenvalue weighted by molar-refractivity contribution is -0.121. The number of nitrogens with zero attached hydrogens (tertiary/aromatic N) is 2. The summed E-state index contributed by atoms with van der Waals surface area (Å²) < 4.78 is 0. The van der Waals surface area contributed by atoms with Crippen molar-refractivity contribution in [2.24, 2.45) is 5.73 Å². The molecule has 2 heterocycles. The van der Waals surface area contributed by atoms with E-state index in [9.17, 15) is 4.79 Å². The third kappa shape index (κ3) is 7.74. The van der Waals surface area contributed by atoms with Crippen molar-refractivity contribution in [1.29, 1.82) is 0 Å². The molecule has 2 rings (SSSR count). The Balaban J connectivity index is 0.00000242. The number of amides is 1. The van der Waals surface area contributed by atoms with Gasteiger partial charge in [0.15, 0.2) is 0 Å². The number of aromatic nitrogens is 2. The Hall–Kier alpha value is -1.21. The fourth-order valence-electron chi connectivity index (χ4n) is 1.90. The summed E-state index contributed by atoms with van der Waals surface area (Å²) in [5.74, 6) is 0.0806. The number of rotatable bonds is 8. The van der Waals surface area contributed by atoms with Gasteiger partial charge in [-0.05, 0) is 31.5 Å². The molecule has 8 heteroatoms. The van der Waals surface area contributed by atoms with Crippen molar-refractivity contribution in [2.75, 3.05) is 13.1 Å². The van der Waals surface area contributed by atoms with Crippen LogP contribution in [0.4, 0.5) is 0 Å². The molecule has 23 heavy (non-hydrogen) atoms. The van der Waals surface area contributed by atoms with Gasteiger partial charge in [0.1, 0.15) is 0 Å². The van der Waals surface area contributed by atoms with Crippen molar-refractivity contribution < 1.29 is 4.79 Å². The zero-order valence-electron chi connectivity index (χ0n) is 12.7. The molecule has 0 fully saturated rings. The Morgan fingerprint density at radius 2 is 1.96 bits per heavy atom. The quantitative estimate of drug-likeness (QED) is 0.694. The van der Waals surface area contributed by atoms with Gasteiger partial charge in [-0.15, -0.1) is 36.2 Å². The molecule has 2 aromatic heterocycles. The molecule has 1 amide bonds. The zero-order valence-corrected chi connectivity index (χ0v) is 15.2. The van der Waals surface area contributed by atoms with Crippen LogP contribution in [0.2, 0.25) is 0 Å². The van der Waals surface area contributed by atoms with Crippen molar-refractivity contribution in [3.8, 4) is 11.3 Å². The SMILES string of the molecule is Cl.Cl.NCCCC(=O)NCCCc1nc(-c2ccncc2)cs1. The number of nitrogens with one attached hydrogen (secondary N) is 1. The molecule has 0 unspecified atom stereocenters. The monoisotopic (exact) mass is 376 g/mol. The van der Waals surface area contributed by atoms with E-state index in [1.165, 1.54) is 0 Å². The van der Waals surface area contributed by atoms with E-state index < -0.39 is 0 Å². The van der Waals surface area contributed by atoms with E-state index in [0.29, 0.717) is 19.5 Å². The predicted octanol–water partition coefficient (Wildman–Crippen LogP) is 2.84. The van der Waals surface area contributed by atoms with Crippen LogP contribution in [-0.4, -0.2) is 29.0 Å². The van der Waals surface area contributed by atoms with E-state index in [1.807, 2.05) is 12.1 Å². The molecule has 0 saturated carbocycles. The second-order valence-electron chi connectivity index (χ2n) is 4.71. The van der Waals surface area contributed by atoms with Gasteiger partial charge in [0.2, 0.25) is 5.91 Å². The molecule has 0 saturated heterocycles. The molecule has 0 aromatic carbocycles. The van der Waals surface area contributed by atoms with Gasteiger partial charge < -0.3 is 11.1 Å². The van der Waals surface area contributed by atoms with Gasteiger partial charge in [-0.3, -0.25) is 9.78 Å². The number of nitrogens with two attached hydrogens (primary N) is 1. The van der Waals surface area contributed by atoms with Crippen LogP contribution in [0.15, 0.2) is 29.9 Å². The summed E-state index contributed by atoms with van der Waals surface area (Å²) in [6, 6.07) is 3.91. The standard InChI is InChI=1S/C15H20N4OS.2ClH/c16-7-1-3-14(20)18-8-2-4-15-19-13(11-21-15)12-5-9-17-10-6-12;;/h5-6,9-11H,1-4,7-8,16H2,(H,18,20);2*1H. The predicted molar refractivity (Wildman–Crippen MR) is 99.5 cm³/mol. The van der Waals surface area contributed by atoms with E-state index >= 15 is 0 Å². The summed E-state index contributed by atoms with van der Waals surface area (Å²) in [7, 11) is 0. The largest absolute Gasteiger partial charge is 0.356 e. The lowest BCUT2D eigenvalue weighted by Crippen LogP contribution is -2.25. The molecular weight excluding hydrogens is 355 g/mol. The summed E-state index contributed by atoms with van der Waals surface area (Å²) in [5.41, 5.74) is 7.44. The molecule has 0 bridgehead atoms. The molecule has 0 atom stereocenters. The molecule has 3 N–H and O–H groups in total. The number of hydrogen-bond donors (Lipinski definition) is 2. The Morgan fingerprint density at radius 1 is 1.22 bits per heavy atom. The fraction of sp³-hybridized carbons (Fsp3) is 0.400. The van der Waals surface area contributed by atoms with E-state index in [1.54, 1.807) is 23.7 Å². The average Bonchev–Trinajstić information content (AvgIpc) is 2.99. The van der Waals surface area contributed by atoms with Gasteiger partial charge in [0, 0.05) is 42.7 Å². The minimum Gasteiger partial charge on any atom is -0.356 e. The van der Waals surface area contributed by atoms with Crippen LogP contribution in [0.1, 0.15) is 24.3 Å². The van der Waals surface area contributed by atoms with Gasteiger partial charge in [-0.25, -0.2) is 4.98 Å². The number of carbonyl (C=O) groups excluding carboxylic acids is 1. The molecule has 0 aliphatic carbocycles. The molecular formula is C15H22Cl2N4OS. The topological polar surface area (TPSA) is 80.9 Å². The van der Waals surface area contributed by atoms with Gasteiger partial charge >= 0.3 is 0 Å². The fourth-order valence-corrected chi connectivity index (χ4v) is 2.75. The highest BCUT2D eigenvalue weighted by molar-refractivity contribution is 7.09. The lowest BCUT2D eigenvalue weighted by Gasteiger charge is -2.03. The minimum absolute atomic E-state index is 0. The number of aryl methyl sites for hydroxylation is 1. The van der Waals surface area contributed by atoms with Crippen LogP contribution in [0.25, 0.3) is 11.3 Å². The number of hydrogen-bond acceptors (Lipinski definition) is 5. The molecule has 0 radical (unpaired) electrons. The highest BCUT2D eigenvalue weighted by Gasteiger charge is 2.05. The van der Waals surface area contributed by atoms with Crippen LogP contribution >= 0.6 is 36.2 Å². The summed E-state index contributed by atoms with van der Waals surface area (Å²) >= 11 is 1.66. The lowest BCUT2D eigenvalue weighted by atomic mass is 10.2. The summed E-state index contributed by atoms with van der Waals surface area (Å²) in [6.45, 7) is 1.25. The van der Waals surface area contributed by atoms with Crippen LogP contribution in [0, 0.1) is 0 Å². The van der Waals surface area contributed by atoms with E-state index in [2.05, 4.69) is 20.7 Å². The number of thiazole rings is 1. The van der Waals surface area contributed by atoms with Gasteiger partial charge in [-0.2, -0.15) is 0 Å². The normalized spacial score (nSPS) is 9.61. The maximum absolute atomic E-state index is 11.4. The summed E-state index contributed by atoms with van der Waals surface area (Å²) in [6.07, 6.45) is 6.58. The third-order valence-electron chi connectivity index (χ3n) is 3.03. The van der Waals surface area contributed by atoms with Crippen LogP contribution in [0.3, 0.4) is 0 Å². The van der Waals surface area contributed by atoms with Crippen molar-refractivity contribution in [1.82, 2.24) is 15.3 Å². The number of pyridine rings is 1. The number of carbonyl (C=O) groups is 1. The average molecular weight is 377 g/mol. The first-order valence-corrected chi connectivity index (χ1v) is 7.99. The molecule has 0 aliphatic rings. The molecule has 0 spiro atoms. The summed E-state index contributed by atoms with van der Waals surface area (Å²) in [4.78, 5) is 20.0. The van der Waals surface area contributed by atoms with E-state index in [0.717, 1.165) is 35.5 Å². The van der Waals surface area contributed by atoms with Crippen molar-refractivity contribution in [2.45, 2.75) is 25.7 Å². The van der Waals surface area contributed by atoms with Gasteiger partial charge in [-0.1, -0.05) is 0 Å². The van der Waals surface area contributed by atoms with Gasteiger partial charge in [0.05, 0.1) is 10.7 Å². The van der Waals surface area contributed by atoms with Crippen molar-refractivity contribution in [3.05, 3.63) is 34.9 Å². The third-order valence-corrected chi connectivity index (χ3v) is 3.93. The van der Waals surface area contributed by atoms with E-state index in [4.69, 9.17) is 5.73 Å². The Kier molecular flexibility index (Phi) is 11.6. The Bertz CT molecular complexity index is 566. The van der Waals surface area contributed by atoms with Gasteiger partial charge in [0.25, 0.3) is 0 Å². The number of halogens is 2. The highest BCUT2D eigenvalue weighted by atomic mass is 35.5. The minimum atomic E-state index is 0. The smallest absolute Gasteiger partial charge is 0.220 e.